The van der Waals surface area contributed by atoms with Crippen molar-refractivity contribution in [1.82, 2.24) is 4.90 Å². The van der Waals surface area contributed by atoms with Crippen LogP contribution < -0.4 is 4.74 Å². The predicted molar refractivity (Wildman–Crippen MR) is 82.9 cm³/mol. The van der Waals surface area contributed by atoms with Gasteiger partial charge in [-0.05, 0) is 44.8 Å². The van der Waals surface area contributed by atoms with E-state index in [9.17, 15) is 4.79 Å². The molecule has 0 spiro atoms. The third-order valence-corrected chi connectivity index (χ3v) is 2.63. The van der Waals surface area contributed by atoms with Crippen LogP contribution in [0.4, 0.5) is 0 Å². The summed E-state index contributed by atoms with van der Waals surface area (Å²) in [5.41, 5.74) is 0.557. The molecule has 0 aliphatic heterocycles. The highest BCUT2D eigenvalue weighted by atomic mass is 35.5. The number of likely N-dealkylation sites (N-methyl/N-ethyl adjacent to an activating group) is 1. The molecule has 0 aromatic heterocycles. The van der Waals surface area contributed by atoms with Crippen LogP contribution in [0.2, 0.25) is 0 Å². The fourth-order valence-corrected chi connectivity index (χ4v) is 1.43. The van der Waals surface area contributed by atoms with Crippen molar-refractivity contribution in [1.29, 1.82) is 0 Å². The van der Waals surface area contributed by atoms with Gasteiger partial charge in [-0.1, -0.05) is 13.3 Å². The molecule has 0 N–H and O–H groups in total. The van der Waals surface area contributed by atoms with Crippen molar-refractivity contribution < 1.29 is 14.3 Å². The molecular weight excluding hydrogens is 278 g/mol. The summed E-state index contributed by atoms with van der Waals surface area (Å²) < 4.78 is 10.7. The molecule has 5 heteroatoms. The van der Waals surface area contributed by atoms with Gasteiger partial charge in [-0.3, -0.25) is 0 Å². The molecule has 0 fully saturated rings. The first-order valence-electron chi connectivity index (χ1n) is 6.68. The Morgan fingerprint density at radius 2 is 1.80 bits per heavy atom. The van der Waals surface area contributed by atoms with E-state index >= 15 is 0 Å². The molecule has 0 unspecified atom stereocenters. The molecule has 1 rings (SSSR count). The van der Waals surface area contributed by atoms with E-state index in [-0.39, 0.29) is 18.4 Å². The van der Waals surface area contributed by atoms with E-state index < -0.39 is 0 Å². The van der Waals surface area contributed by atoms with E-state index in [2.05, 4.69) is 6.92 Å². The summed E-state index contributed by atoms with van der Waals surface area (Å²) in [6.07, 6.45) is 2.14. The topological polar surface area (TPSA) is 38.8 Å². The maximum atomic E-state index is 11.7. The molecule has 20 heavy (non-hydrogen) atoms. The summed E-state index contributed by atoms with van der Waals surface area (Å²) in [5, 5.41) is 0. The molecule has 114 valence electrons. The summed E-state index contributed by atoms with van der Waals surface area (Å²) in [5.74, 6) is 0.500. The minimum atomic E-state index is -0.290. The van der Waals surface area contributed by atoms with Gasteiger partial charge in [0.05, 0.1) is 12.2 Å². The van der Waals surface area contributed by atoms with Gasteiger partial charge in [0.2, 0.25) is 0 Å². The van der Waals surface area contributed by atoms with Crippen LogP contribution in [0.25, 0.3) is 0 Å². The first-order valence-corrected chi connectivity index (χ1v) is 6.68. The van der Waals surface area contributed by atoms with Crippen LogP contribution in [0, 0.1) is 0 Å². The Labute approximate surface area is 127 Å². The number of halogens is 1. The van der Waals surface area contributed by atoms with Gasteiger partial charge in [-0.2, -0.15) is 0 Å². The lowest BCUT2D eigenvalue weighted by Crippen LogP contribution is -2.20. The van der Waals surface area contributed by atoms with Crippen LogP contribution in [0.15, 0.2) is 24.3 Å². The number of unbranched alkanes of at least 4 members (excludes halogenated alkanes) is 1. The van der Waals surface area contributed by atoms with E-state index in [1.165, 1.54) is 0 Å². The molecule has 0 bridgehead atoms. The molecule has 0 saturated carbocycles. The van der Waals surface area contributed by atoms with Gasteiger partial charge in [-0.25, -0.2) is 4.79 Å². The normalized spacial score (nSPS) is 10.0. The maximum Gasteiger partial charge on any atom is 0.338 e. The lowest BCUT2D eigenvalue weighted by molar-refractivity contribution is 0.0482. The smallest absolute Gasteiger partial charge is 0.338 e. The Balaban J connectivity index is 0.00000361. The van der Waals surface area contributed by atoms with E-state index in [0.29, 0.717) is 18.8 Å². The monoisotopic (exact) mass is 301 g/mol. The number of esters is 1. The highest BCUT2D eigenvalue weighted by Crippen LogP contribution is 2.13. The van der Waals surface area contributed by atoms with Gasteiger partial charge in [0.25, 0.3) is 0 Å². The first kappa shape index (κ1) is 18.7. The van der Waals surface area contributed by atoms with Crippen LogP contribution in [0.5, 0.6) is 5.75 Å². The summed E-state index contributed by atoms with van der Waals surface area (Å²) in [6, 6.07) is 7.08. The minimum Gasteiger partial charge on any atom is -0.494 e. The minimum absolute atomic E-state index is 0. The molecule has 0 radical (unpaired) electrons. The lowest BCUT2D eigenvalue weighted by atomic mass is 10.2. The van der Waals surface area contributed by atoms with Crippen molar-refractivity contribution in [2.45, 2.75) is 19.8 Å². The van der Waals surface area contributed by atoms with Crippen LogP contribution in [-0.4, -0.2) is 44.7 Å². The molecule has 0 amide bonds. The average Bonchev–Trinajstić information content (AvgIpc) is 2.39. The Bertz CT molecular complexity index is 379. The fourth-order valence-electron chi connectivity index (χ4n) is 1.43. The van der Waals surface area contributed by atoms with Crippen molar-refractivity contribution in [2.75, 3.05) is 33.9 Å². The number of nitrogens with zero attached hydrogens (tertiary/aromatic N) is 1. The number of hydrogen-bond donors (Lipinski definition) is 0. The quantitative estimate of drug-likeness (QED) is 0.546. The van der Waals surface area contributed by atoms with Crippen molar-refractivity contribution >= 4 is 18.4 Å². The van der Waals surface area contributed by atoms with Crippen LogP contribution in [-0.2, 0) is 4.74 Å². The molecule has 1 aromatic rings. The number of carbonyl (C=O) groups is 1. The summed E-state index contributed by atoms with van der Waals surface area (Å²) in [6.45, 7) is 3.96. The second-order valence-corrected chi connectivity index (χ2v) is 4.67. The number of ether oxygens (including phenoxy) is 2. The van der Waals surface area contributed by atoms with Gasteiger partial charge in [0.1, 0.15) is 12.4 Å². The molecular formula is C15H24ClNO3. The Morgan fingerprint density at radius 3 is 2.35 bits per heavy atom. The highest BCUT2D eigenvalue weighted by molar-refractivity contribution is 5.89. The number of carbonyl (C=O) groups excluding carboxylic acids is 1. The van der Waals surface area contributed by atoms with E-state index in [1.54, 1.807) is 24.3 Å². The summed E-state index contributed by atoms with van der Waals surface area (Å²) >= 11 is 0. The zero-order valence-electron chi connectivity index (χ0n) is 12.4. The van der Waals surface area contributed by atoms with Crippen LogP contribution in [0.1, 0.15) is 30.1 Å². The van der Waals surface area contributed by atoms with Gasteiger partial charge < -0.3 is 14.4 Å². The first-order chi connectivity index (χ1) is 9.13. The molecule has 1 aromatic carbocycles. The summed E-state index contributed by atoms with van der Waals surface area (Å²) in [4.78, 5) is 13.7. The predicted octanol–water partition coefficient (Wildman–Crippen LogP) is 3.01. The van der Waals surface area contributed by atoms with Crippen molar-refractivity contribution in [2.24, 2.45) is 0 Å². The zero-order chi connectivity index (χ0) is 14.1. The largest absolute Gasteiger partial charge is 0.494 e. The Morgan fingerprint density at radius 1 is 1.15 bits per heavy atom. The van der Waals surface area contributed by atoms with Crippen LogP contribution >= 0.6 is 12.4 Å². The van der Waals surface area contributed by atoms with Crippen molar-refractivity contribution in [3.05, 3.63) is 29.8 Å². The second-order valence-electron chi connectivity index (χ2n) is 4.67. The molecule has 4 nitrogen and oxygen atoms in total. The number of rotatable bonds is 8. The van der Waals surface area contributed by atoms with Gasteiger partial charge in [0.15, 0.2) is 0 Å². The maximum absolute atomic E-state index is 11.7. The van der Waals surface area contributed by atoms with Gasteiger partial charge in [0, 0.05) is 6.54 Å². The molecule has 0 saturated heterocycles. The zero-order valence-corrected chi connectivity index (χ0v) is 13.2. The van der Waals surface area contributed by atoms with Crippen molar-refractivity contribution in [3.8, 4) is 5.75 Å². The van der Waals surface area contributed by atoms with E-state index in [4.69, 9.17) is 9.47 Å². The molecule has 0 aliphatic carbocycles. The Kier molecular flexibility index (Phi) is 9.86. The third kappa shape index (κ3) is 7.36. The van der Waals surface area contributed by atoms with E-state index in [1.807, 2.05) is 19.0 Å². The fraction of sp³-hybridized carbons (Fsp3) is 0.533. The third-order valence-electron chi connectivity index (χ3n) is 2.63. The molecule has 0 heterocycles. The number of hydrogen-bond acceptors (Lipinski definition) is 4. The second kappa shape index (κ2) is 10.5. The molecule has 0 atom stereocenters. The average molecular weight is 302 g/mol. The number of benzene rings is 1. The SMILES string of the molecule is CCCCOc1ccc(C(=O)OCCN(C)C)cc1.Cl. The van der Waals surface area contributed by atoms with E-state index in [0.717, 1.165) is 25.1 Å². The standard InChI is InChI=1S/C15H23NO3.ClH/c1-4-5-11-18-14-8-6-13(7-9-14)15(17)19-12-10-16(2)3;/h6-9H,4-5,10-12H2,1-3H3;1H. The van der Waals surface area contributed by atoms with Crippen LogP contribution in [0.3, 0.4) is 0 Å². The van der Waals surface area contributed by atoms with Crippen molar-refractivity contribution in [3.63, 3.8) is 0 Å². The van der Waals surface area contributed by atoms with Gasteiger partial charge >= 0.3 is 5.97 Å². The highest BCUT2D eigenvalue weighted by Gasteiger charge is 2.07. The Hall–Kier alpha value is -1.26. The molecule has 0 aliphatic rings. The summed E-state index contributed by atoms with van der Waals surface area (Å²) in [7, 11) is 3.88. The van der Waals surface area contributed by atoms with Gasteiger partial charge in [-0.15, -0.1) is 12.4 Å². The lowest BCUT2D eigenvalue weighted by Gasteiger charge is -2.10.